The lowest BCUT2D eigenvalue weighted by molar-refractivity contribution is 0.0751. The van der Waals surface area contributed by atoms with Crippen LogP contribution in [0.5, 0.6) is 0 Å². The van der Waals surface area contributed by atoms with Gasteiger partial charge in [0.15, 0.2) is 0 Å². The van der Waals surface area contributed by atoms with Gasteiger partial charge in [0.05, 0.1) is 18.3 Å². The number of rotatable bonds is 1. The molecule has 0 bridgehead atoms. The monoisotopic (exact) mass is 237 g/mol. The Kier molecular flexibility index (Phi) is 2.23. The lowest BCUT2D eigenvalue weighted by Gasteiger charge is -2.19. The van der Waals surface area contributed by atoms with Gasteiger partial charge in [-0.15, -0.1) is 0 Å². The first-order chi connectivity index (χ1) is 7.79. The third-order valence-corrected chi connectivity index (χ3v) is 2.54. The summed E-state index contributed by atoms with van der Waals surface area (Å²) in [5.41, 5.74) is 6.16. The van der Waals surface area contributed by atoms with E-state index in [1.807, 2.05) is 0 Å². The summed E-state index contributed by atoms with van der Waals surface area (Å²) in [6.45, 7) is 3.24. The second-order valence-electron chi connectivity index (χ2n) is 4.24. The Bertz CT molecular complexity index is 593. The third-order valence-electron chi connectivity index (χ3n) is 2.32. The number of aromatic nitrogens is 1. The van der Waals surface area contributed by atoms with Gasteiger partial charge >= 0.3 is 0 Å². The molecule has 3 nitrogen and oxygen atoms in total. The van der Waals surface area contributed by atoms with Gasteiger partial charge in [-0.2, -0.15) is 0 Å². The molecule has 0 aliphatic carbocycles. The van der Waals surface area contributed by atoms with Gasteiger partial charge < -0.3 is 10.8 Å². The molecule has 4 heteroatoms. The summed E-state index contributed by atoms with van der Waals surface area (Å²) < 4.78 is 7.62. The molecule has 84 valence electrons. The largest absolute Gasteiger partial charge is 0.397 e. The standard InChI is InChI=1S/C12H13ClN2O/c1-12(2,16)11-9(14)6-7-5-8(13)3-4-10(7)15-11/h3-6,16H,14H2,1-2H3/i3D. The summed E-state index contributed by atoms with van der Waals surface area (Å²) in [5.74, 6) is 0. The average molecular weight is 238 g/mol. The van der Waals surface area contributed by atoms with E-state index in [0.29, 0.717) is 21.9 Å². The van der Waals surface area contributed by atoms with Crippen LogP contribution in [0.25, 0.3) is 10.9 Å². The van der Waals surface area contributed by atoms with Crippen LogP contribution in [0, 0.1) is 0 Å². The SMILES string of the molecule is [2H]c1cc2nc(C(C)(C)O)c(N)cc2cc1Cl. The summed E-state index contributed by atoms with van der Waals surface area (Å²) in [5, 5.41) is 11.1. The Morgan fingerprint density at radius 1 is 1.50 bits per heavy atom. The molecular weight excluding hydrogens is 224 g/mol. The van der Waals surface area contributed by atoms with Crippen molar-refractivity contribution in [3.8, 4) is 0 Å². The van der Waals surface area contributed by atoms with Crippen molar-refractivity contribution in [2.75, 3.05) is 5.73 Å². The molecule has 0 unspecified atom stereocenters. The fourth-order valence-electron chi connectivity index (χ4n) is 1.60. The van der Waals surface area contributed by atoms with E-state index in [2.05, 4.69) is 4.98 Å². The number of halogens is 1. The fourth-order valence-corrected chi connectivity index (χ4v) is 1.77. The smallest absolute Gasteiger partial charge is 0.103 e. The molecule has 0 saturated carbocycles. The van der Waals surface area contributed by atoms with Gasteiger partial charge in [-0.25, -0.2) is 4.98 Å². The van der Waals surface area contributed by atoms with Crippen molar-refractivity contribution < 1.29 is 6.48 Å². The van der Waals surface area contributed by atoms with Crippen LogP contribution in [0.15, 0.2) is 24.2 Å². The highest BCUT2D eigenvalue weighted by Gasteiger charge is 2.21. The zero-order chi connectivity index (χ0) is 12.8. The molecule has 0 aliphatic heterocycles. The molecule has 0 amide bonds. The van der Waals surface area contributed by atoms with Crippen LogP contribution in [0.4, 0.5) is 5.69 Å². The van der Waals surface area contributed by atoms with Crippen molar-refractivity contribution in [2.45, 2.75) is 19.4 Å². The number of fused-ring (bicyclic) bond motifs is 1. The van der Waals surface area contributed by atoms with Crippen LogP contribution in [0.3, 0.4) is 0 Å². The first-order valence-corrected chi connectivity index (χ1v) is 5.26. The summed E-state index contributed by atoms with van der Waals surface area (Å²) in [6.07, 6.45) is 0. The zero-order valence-electron chi connectivity index (χ0n) is 10.1. The van der Waals surface area contributed by atoms with E-state index in [1.165, 1.54) is 0 Å². The zero-order valence-corrected chi connectivity index (χ0v) is 9.84. The molecular formula is C12H13ClN2O. The highest BCUT2D eigenvalue weighted by atomic mass is 35.5. The van der Waals surface area contributed by atoms with Crippen LogP contribution in [0.1, 0.15) is 20.9 Å². The minimum atomic E-state index is -1.11. The van der Waals surface area contributed by atoms with E-state index >= 15 is 0 Å². The van der Waals surface area contributed by atoms with E-state index in [1.54, 1.807) is 32.0 Å². The number of hydrogen-bond acceptors (Lipinski definition) is 3. The number of nitrogens with zero attached hydrogens (tertiary/aromatic N) is 1. The van der Waals surface area contributed by atoms with Crippen LogP contribution >= 0.6 is 11.6 Å². The number of pyridine rings is 1. The molecule has 2 aromatic rings. The van der Waals surface area contributed by atoms with Gasteiger partial charge in [0.2, 0.25) is 0 Å². The first-order valence-electron chi connectivity index (χ1n) is 5.38. The highest BCUT2D eigenvalue weighted by Crippen LogP contribution is 2.28. The van der Waals surface area contributed by atoms with Crippen LogP contribution in [0.2, 0.25) is 5.02 Å². The molecule has 1 aromatic heterocycles. The summed E-state index contributed by atoms with van der Waals surface area (Å²) >= 11 is 5.86. The fraction of sp³-hybridized carbons (Fsp3) is 0.250. The number of hydrogen-bond donors (Lipinski definition) is 2. The molecule has 2 rings (SSSR count). The van der Waals surface area contributed by atoms with Crippen molar-refractivity contribution >= 4 is 28.2 Å². The maximum absolute atomic E-state index is 9.94. The Balaban J connectivity index is 2.76. The van der Waals surface area contributed by atoms with E-state index in [9.17, 15) is 5.11 Å². The third kappa shape index (κ3) is 1.96. The topological polar surface area (TPSA) is 59.1 Å². The normalized spacial score (nSPS) is 12.9. The molecule has 0 radical (unpaired) electrons. The molecule has 0 aliphatic rings. The van der Waals surface area contributed by atoms with Gasteiger partial charge in [-0.1, -0.05) is 11.6 Å². The number of nitrogens with two attached hydrogens (primary N) is 1. The van der Waals surface area contributed by atoms with Crippen molar-refractivity contribution in [2.24, 2.45) is 0 Å². The maximum Gasteiger partial charge on any atom is 0.103 e. The van der Waals surface area contributed by atoms with Crippen LogP contribution in [-0.4, -0.2) is 10.1 Å². The Hall–Kier alpha value is -1.32. The summed E-state index contributed by atoms with van der Waals surface area (Å²) in [4.78, 5) is 4.29. The van der Waals surface area contributed by atoms with Gasteiger partial charge in [0.25, 0.3) is 0 Å². The van der Waals surface area contributed by atoms with Crippen LogP contribution in [-0.2, 0) is 5.60 Å². The minimum Gasteiger partial charge on any atom is -0.397 e. The number of anilines is 1. The first kappa shape index (κ1) is 9.87. The van der Waals surface area contributed by atoms with Gasteiger partial charge in [-0.05, 0) is 38.1 Å². The number of benzene rings is 1. The molecule has 0 fully saturated rings. The van der Waals surface area contributed by atoms with Gasteiger partial charge in [0.1, 0.15) is 5.60 Å². The van der Waals surface area contributed by atoms with Crippen molar-refractivity contribution in [3.05, 3.63) is 35.0 Å². The van der Waals surface area contributed by atoms with Crippen molar-refractivity contribution in [1.82, 2.24) is 4.98 Å². The summed E-state index contributed by atoms with van der Waals surface area (Å²) in [6, 6.07) is 5.13. The Morgan fingerprint density at radius 2 is 2.19 bits per heavy atom. The predicted octanol–water partition coefficient (Wildman–Crippen LogP) is 2.70. The molecule has 0 atom stereocenters. The molecule has 3 N–H and O–H groups in total. The van der Waals surface area contributed by atoms with E-state index in [0.717, 1.165) is 5.39 Å². The minimum absolute atomic E-state index is 0.207. The van der Waals surface area contributed by atoms with Gasteiger partial charge in [-0.3, -0.25) is 0 Å². The lowest BCUT2D eigenvalue weighted by Crippen LogP contribution is -2.19. The second kappa shape index (κ2) is 3.61. The predicted molar refractivity (Wildman–Crippen MR) is 66.4 cm³/mol. The van der Waals surface area contributed by atoms with Crippen molar-refractivity contribution in [3.63, 3.8) is 0 Å². The molecule has 16 heavy (non-hydrogen) atoms. The Labute approximate surface area is 100 Å². The molecule has 1 aromatic carbocycles. The average Bonchev–Trinajstić information content (AvgIpc) is 2.18. The number of nitrogen functional groups attached to an aromatic ring is 1. The van der Waals surface area contributed by atoms with Crippen LogP contribution < -0.4 is 5.73 Å². The van der Waals surface area contributed by atoms with E-state index in [4.69, 9.17) is 18.7 Å². The molecule has 1 heterocycles. The summed E-state index contributed by atoms with van der Waals surface area (Å²) in [7, 11) is 0. The van der Waals surface area contributed by atoms with Gasteiger partial charge in [0, 0.05) is 10.4 Å². The second-order valence-corrected chi connectivity index (χ2v) is 4.65. The number of aliphatic hydroxyl groups is 1. The highest BCUT2D eigenvalue weighted by molar-refractivity contribution is 6.31. The quantitative estimate of drug-likeness (QED) is 0.802. The lowest BCUT2D eigenvalue weighted by atomic mass is 10.0. The molecule has 0 saturated heterocycles. The molecule has 0 spiro atoms. The maximum atomic E-state index is 9.94. The van der Waals surface area contributed by atoms with E-state index < -0.39 is 5.60 Å². The van der Waals surface area contributed by atoms with E-state index in [-0.39, 0.29) is 6.04 Å². The van der Waals surface area contributed by atoms with Crippen molar-refractivity contribution in [1.29, 1.82) is 0 Å². The Morgan fingerprint density at radius 3 is 2.81 bits per heavy atom.